The summed E-state index contributed by atoms with van der Waals surface area (Å²) in [6.45, 7) is 3.19. The third-order valence-corrected chi connectivity index (χ3v) is 2.95. The molecule has 0 aromatic heterocycles. The number of hydrogen-bond acceptors (Lipinski definition) is 6. The van der Waals surface area contributed by atoms with Gasteiger partial charge in [-0.1, -0.05) is 5.92 Å². The van der Waals surface area contributed by atoms with Crippen LogP contribution >= 0.6 is 0 Å². The fraction of sp³-hybridized carbons (Fsp3) is 0.833. The number of aliphatic hydroxyl groups excluding tert-OH is 2. The highest BCUT2D eigenvalue weighted by atomic mass is 16.8. The fourth-order valence-electron chi connectivity index (χ4n) is 2.25. The van der Waals surface area contributed by atoms with Crippen LogP contribution in [0.25, 0.3) is 0 Å². The first-order valence-corrected chi connectivity index (χ1v) is 5.83. The highest BCUT2D eigenvalue weighted by Crippen LogP contribution is 2.39. The van der Waals surface area contributed by atoms with E-state index in [2.05, 4.69) is 5.92 Å². The Hall–Kier alpha value is -0.680. The summed E-state index contributed by atoms with van der Waals surface area (Å²) in [7, 11) is 0. The Labute approximate surface area is 106 Å². The quantitative estimate of drug-likeness (QED) is 0.645. The second-order valence-corrected chi connectivity index (χ2v) is 4.80. The first-order chi connectivity index (χ1) is 8.48. The van der Waals surface area contributed by atoms with Gasteiger partial charge in [0.25, 0.3) is 0 Å². The van der Waals surface area contributed by atoms with Crippen LogP contribution < -0.4 is 0 Å². The molecule has 5 atom stereocenters. The van der Waals surface area contributed by atoms with Crippen LogP contribution in [0.2, 0.25) is 0 Å². The molecule has 0 bridgehead atoms. The molecule has 102 valence electrons. The Bertz CT molecular complexity index is 336. The summed E-state index contributed by atoms with van der Waals surface area (Å²) in [6, 6.07) is 0. The molecule has 0 radical (unpaired) electrons. The molecule has 6 heteroatoms. The molecule has 2 saturated heterocycles. The Kier molecular flexibility index (Phi) is 3.92. The molecule has 0 aliphatic carbocycles. The van der Waals surface area contributed by atoms with E-state index in [1.54, 1.807) is 13.8 Å². The number of terminal acetylenes is 1. The molecule has 0 aromatic carbocycles. The zero-order valence-electron chi connectivity index (χ0n) is 10.4. The molecular weight excluding hydrogens is 240 g/mol. The van der Waals surface area contributed by atoms with Crippen molar-refractivity contribution in [3.8, 4) is 12.3 Å². The smallest absolute Gasteiger partial charge is 0.190 e. The molecule has 2 heterocycles. The van der Waals surface area contributed by atoms with Gasteiger partial charge in [0.15, 0.2) is 12.1 Å². The highest BCUT2D eigenvalue weighted by molar-refractivity contribution is 4.98. The van der Waals surface area contributed by atoms with Crippen LogP contribution in [0.1, 0.15) is 13.8 Å². The predicted octanol–water partition coefficient (Wildman–Crippen LogP) is -0.766. The minimum absolute atomic E-state index is 0.0791. The topological polar surface area (TPSA) is 77.4 Å². The van der Waals surface area contributed by atoms with Gasteiger partial charge in [0, 0.05) is 0 Å². The van der Waals surface area contributed by atoms with E-state index in [1.165, 1.54) is 0 Å². The first-order valence-electron chi connectivity index (χ1n) is 5.83. The summed E-state index contributed by atoms with van der Waals surface area (Å²) in [5.74, 6) is 1.59. The van der Waals surface area contributed by atoms with Crippen LogP contribution in [-0.4, -0.2) is 59.9 Å². The molecule has 6 nitrogen and oxygen atoms in total. The summed E-state index contributed by atoms with van der Waals surface area (Å²) < 4.78 is 22.2. The minimum Gasteiger partial charge on any atom is -0.394 e. The summed E-state index contributed by atoms with van der Waals surface area (Å²) in [6.07, 6.45) is 1.74. The van der Waals surface area contributed by atoms with Crippen molar-refractivity contribution in [2.24, 2.45) is 0 Å². The number of fused-ring (bicyclic) bond motifs is 1. The van der Waals surface area contributed by atoms with Crippen LogP contribution in [0.15, 0.2) is 0 Å². The third-order valence-electron chi connectivity index (χ3n) is 2.95. The van der Waals surface area contributed by atoms with Crippen molar-refractivity contribution in [3.05, 3.63) is 0 Å². The van der Waals surface area contributed by atoms with Crippen molar-refractivity contribution in [3.63, 3.8) is 0 Å². The van der Waals surface area contributed by atoms with E-state index in [-0.39, 0.29) is 6.61 Å². The lowest BCUT2D eigenvalue weighted by atomic mass is 10.1. The largest absolute Gasteiger partial charge is 0.394 e. The third kappa shape index (κ3) is 2.52. The lowest BCUT2D eigenvalue weighted by Gasteiger charge is -2.27. The molecule has 0 amide bonds. The normalized spacial score (nSPS) is 39.3. The van der Waals surface area contributed by atoms with E-state index >= 15 is 0 Å². The van der Waals surface area contributed by atoms with Gasteiger partial charge >= 0.3 is 0 Å². The SMILES string of the molecule is C#CCO[C@@H]1[C@H]2OC(C)(C)O[C@H]2O[C@@H]1C(O)CO. The summed E-state index contributed by atoms with van der Waals surface area (Å²) in [5, 5.41) is 18.7. The molecule has 0 saturated carbocycles. The maximum atomic E-state index is 9.69. The van der Waals surface area contributed by atoms with Gasteiger partial charge in [-0.2, -0.15) is 0 Å². The first kappa shape index (κ1) is 13.7. The number of hydrogen-bond donors (Lipinski definition) is 2. The van der Waals surface area contributed by atoms with Gasteiger partial charge in [0.05, 0.1) is 6.61 Å². The summed E-state index contributed by atoms with van der Waals surface area (Å²) in [5.41, 5.74) is 0. The average molecular weight is 258 g/mol. The standard InChI is InChI=1S/C12H18O6/c1-4-5-15-9-8(7(14)6-13)16-11-10(9)17-12(2,3)18-11/h1,7-11,13-14H,5-6H2,2-3H3/t7?,8-,9+,10-,11-/m1/s1. The average Bonchev–Trinajstić information content (AvgIpc) is 2.77. The summed E-state index contributed by atoms with van der Waals surface area (Å²) >= 11 is 0. The molecule has 2 N–H and O–H groups in total. The second kappa shape index (κ2) is 5.13. The lowest BCUT2D eigenvalue weighted by molar-refractivity contribution is -0.230. The number of rotatable bonds is 4. The zero-order valence-corrected chi connectivity index (χ0v) is 10.4. The fourth-order valence-corrected chi connectivity index (χ4v) is 2.25. The van der Waals surface area contributed by atoms with Crippen molar-refractivity contribution in [2.45, 2.75) is 50.3 Å². The predicted molar refractivity (Wildman–Crippen MR) is 60.4 cm³/mol. The molecule has 2 rings (SSSR count). The van der Waals surface area contributed by atoms with Gasteiger partial charge in [-0.3, -0.25) is 0 Å². The molecule has 1 unspecified atom stereocenters. The van der Waals surface area contributed by atoms with Gasteiger partial charge in [0.2, 0.25) is 0 Å². The molecule has 2 aliphatic rings. The lowest BCUT2D eigenvalue weighted by Crippen LogP contribution is -2.44. The van der Waals surface area contributed by atoms with E-state index < -0.39 is 43.1 Å². The van der Waals surface area contributed by atoms with E-state index in [0.717, 1.165) is 0 Å². The van der Waals surface area contributed by atoms with Crippen molar-refractivity contribution >= 4 is 0 Å². The van der Waals surface area contributed by atoms with Crippen LogP contribution in [-0.2, 0) is 18.9 Å². The van der Waals surface area contributed by atoms with Crippen molar-refractivity contribution < 1.29 is 29.2 Å². The van der Waals surface area contributed by atoms with Crippen LogP contribution in [0, 0.1) is 12.3 Å². The Morgan fingerprint density at radius 3 is 2.78 bits per heavy atom. The van der Waals surface area contributed by atoms with Crippen molar-refractivity contribution in [1.29, 1.82) is 0 Å². The summed E-state index contributed by atoms with van der Waals surface area (Å²) in [4.78, 5) is 0. The van der Waals surface area contributed by atoms with Gasteiger partial charge in [-0.05, 0) is 13.8 Å². The van der Waals surface area contributed by atoms with Gasteiger partial charge < -0.3 is 29.2 Å². The molecule has 2 aliphatic heterocycles. The zero-order chi connectivity index (χ0) is 13.3. The highest BCUT2D eigenvalue weighted by Gasteiger charge is 2.56. The minimum atomic E-state index is -1.06. The van der Waals surface area contributed by atoms with Gasteiger partial charge in [-0.25, -0.2) is 0 Å². The molecule has 18 heavy (non-hydrogen) atoms. The van der Waals surface area contributed by atoms with Crippen molar-refractivity contribution in [2.75, 3.05) is 13.2 Å². The van der Waals surface area contributed by atoms with Crippen LogP contribution in [0.5, 0.6) is 0 Å². The van der Waals surface area contributed by atoms with Crippen LogP contribution in [0.3, 0.4) is 0 Å². The van der Waals surface area contributed by atoms with E-state index in [9.17, 15) is 5.11 Å². The maximum absolute atomic E-state index is 9.69. The molecule has 2 fully saturated rings. The Balaban J connectivity index is 2.10. The van der Waals surface area contributed by atoms with E-state index in [4.69, 9.17) is 30.5 Å². The molecular formula is C12H18O6. The Morgan fingerprint density at radius 1 is 1.44 bits per heavy atom. The van der Waals surface area contributed by atoms with Crippen LogP contribution in [0.4, 0.5) is 0 Å². The van der Waals surface area contributed by atoms with E-state index in [1.807, 2.05) is 0 Å². The van der Waals surface area contributed by atoms with Gasteiger partial charge in [-0.15, -0.1) is 6.42 Å². The monoisotopic (exact) mass is 258 g/mol. The second-order valence-electron chi connectivity index (χ2n) is 4.80. The number of aliphatic hydroxyl groups is 2. The molecule has 0 spiro atoms. The van der Waals surface area contributed by atoms with Gasteiger partial charge in [0.1, 0.15) is 31.0 Å². The van der Waals surface area contributed by atoms with Crippen molar-refractivity contribution in [1.82, 2.24) is 0 Å². The number of ether oxygens (including phenoxy) is 4. The maximum Gasteiger partial charge on any atom is 0.190 e. The molecule has 0 aromatic rings. The Morgan fingerprint density at radius 2 is 2.17 bits per heavy atom. The van der Waals surface area contributed by atoms with E-state index in [0.29, 0.717) is 0 Å².